The maximum absolute atomic E-state index is 12.0. The van der Waals surface area contributed by atoms with Crippen LogP contribution in [-0.2, 0) is 9.53 Å². The molecule has 3 aliphatic heterocycles. The van der Waals surface area contributed by atoms with Crippen LogP contribution in [0.5, 0.6) is 0 Å². The molecule has 0 radical (unpaired) electrons. The maximum atomic E-state index is 12.0. The predicted octanol–water partition coefficient (Wildman–Crippen LogP) is 2.00. The van der Waals surface area contributed by atoms with Crippen LogP contribution in [0.25, 0.3) is 0 Å². The molecule has 3 fully saturated rings. The van der Waals surface area contributed by atoms with Crippen molar-refractivity contribution in [1.29, 1.82) is 0 Å². The Morgan fingerprint density at radius 2 is 1.46 bits per heavy atom. The van der Waals surface area contributed by atoms with E-state index in [9.17, 15) is 4.79 Å². The first-order chi connectivity index (χ1) is 13.8. The minimum absolute atomic E-state index is 0.152. The molecule has 28 heavy (non-hydrogen) atoms. The molecule has 3 aliphatic rings. The summed E-state index contributed by atoms with van der Waals surface area (Å²) in [6, 6.07) is 22.7. The zero-order valence-electron chi connectivity index (χ0n) is 16.1. The Labute approximate surface area is 166 Å². The van der Waals surface area contributed by atoms with Crippen LogP contribution in [0.15, 0.2) is 60.7 Å². The molecule has 0 spiro atoms. The fourth-order valence-corrected chi connectivity index (χ4v) is 4.86. The number of morpholine rings is 1. The molecule has 0 unspecified atom stereocenters. The van der Waals surface area contributed by atoms with Crippen LogP contribution >= 0.6 is 0 Å². The van der Waals surface area contributed by atoms with Gasteiger partial charge in [0.2, 0.25) is 5.91 Å². The second kappa shape index (κ2) is 7.66. The Kier molecular flexibility index (Phi) is 4.89. The van der Waals surface area contributed by atoms with Gasteiger partial charge in [-0.3, -0.25) is 14.6 Å². The topological polar surface area (TPSA) is 36.0 Å². The van der Waals surface area contributed by atoms with Crippen LogP contribution in [0.3, 0.4) is 0 Å². The largest absolute Gasteiger partial charge is 0.369 e. The normalized spacial score (nSPS) is 24.2. The second-order valence-corrected chi connectivity index (χ2v) is 8.08. The van der Waals surface area contributed by atoms with Gasteiger partial charge >= 0.3 is 0 Å². The van der Waals surface area contributed by atoms with Crippen LogP contribution in [0.4, 0.5) is 0 Å². The molecule has 2 aromatic carbocycles. The molecule has 146 valence electrons. The highest BCUT2D eigenvalue weighted by Crippen LogP contribution is 2.34. The summed E-state index contributed by atoms with van der Waals surface area (Å²) in [6.45, 7) is 5.81. The molecule has 0 aliphatic carbocycles. The average Bonchev–Trinajstić information content (AvgIpc) is 2.71. The molecule has 5 rings (SSSR count). The number of hydrogen-bond donors (Lipinski definition) is 0. The van der Waals surface area contributed by atoms with Crippen LogP contribution in [0, 0.1) is 0 Å². The van der Waals surface area contributed by atoms with Crippen molar-refractivity contribution in [3.8, 4) is 0 Å². The number of amides is 1. The van der Waals surface area contributed by atoms with Gasteiger partial charge in [-0.1, -0.05) is 60.7 Å². The lowest BCUT2D eigenvalue weighted by Gasteiger charge is -2.53. The number of ether oxygens (including phenoxy) is 1. The molecule has 1 atom stereocenters. The monoisotopic (exact) mass is 377 g/mol. The number of rotatable bonds is 4. The van der Waals surface area contributed by atoms with Gasteiger partial charge in [0, 0.05) is 38.8 Å². The van der Waals surface area contributed by atoms with Gasteiger partial charge in [0.25, 0.3) is 0 Å². The zero-order valence-corrected chi connectivity index (χ0v) is 16.1. The lowest BCUT2D eigenvalue weighted by atomic mass is 9.92. The van der Waals surface area contributed by atoms with E-state index in [-0.39, 0.29) is 18.6 Å². The molecule has 0 bridgehead atoms. The van der Waals surface area contributed by atoms with Crippen LogP contribution < -0.4 is 0 Å². The summed E-state index contributed by atoms with van der Waals surface area (Å²) in [5.74, 6) is 0.152. The van der Waals surface area contributed by atoms with Crippen molar-refractivity contribution in [2.45, 2.75) is 18.1 Å². The van der Waals surface area contributed by atoms with E-state index in [0.717, 1.165) is 32.7 Å². The summed E-state index contributed by atoms with van der Waals surface area (Å²) in [6.07, 6.45) is 0. The van der Waals surface area contributed by atoms with Crippen molar-refractivity contribution in [2.75, 3.05) is 45.9 Å². The molecule has 1 amide bonds. The molecule has 0 N–H and O–H groups in total. The number of carbonyl (C=O) groups is 1. The highest BCUT2D eigenvalue weighted by molar-refractivity contribution is 5.78. The molecule has 0 saturated carbocycles. The summed E-state index contributed by atoms with van der Waals surface area (Å²) >= 11 is 0. The summed E-state index contributed by atoms with van der Waals surface area (Å²) < 4.78 is 5.48. The summed E-state index contributed by atoms with van der Waals surface area (Å²) in [7, 11) is 0. The lowest BCUT2D eigenvalue weighted by Crippen LogP contribution is -2.67. The van der Waals surface area contributed by atoms with E-state index >= 15 is 0 Å². The van der Waals surface area contributed by atoms with E-state index in [1.54, 1.807) is 0 Å². The standard InChI is InChI=1S/C23H27N3O2/c27-22-17-28-16-21-15-24(11-12-26(21)22)20-13-25(14-20)23(18-7-3-1-4-8-18)19-9-5-2-6-10-19/h1-10,20-21,23H,11-17H2/t21-/m1/s1. The van der Waals surface area contributed by atoms with Gasteiger partial charge in [0.1, 0.15) is 6.61 Å². The van der Waals surface area contributed by atoms with Gasteiger partial charge < -0.3 is 9.64 Å². The second-order valence-electron chi connectivity index (χ2n) is 8.08. The van der Waals surface area contributed by atoms with E-state index in [4.69, 9.17) is 4.74 Å². The zero-order chi connectivity index (χ0) is 18.9. The number of likely N-dealkylation sites (tertiary alicyclic amines) is 1. The summed E-state index contributed by atoms with van der Waals surface area (Å²) in [5, 5.41) is 0. The average molecular weight is 377 g/mol. The third-order valence-electron chi connectivity index (χ3n) is 6.37. The summed E-state index contributed by atoms with van der Waals surface area (Å²) in [5.41, 5.74) is 2.70. The number of piperazine rings is 1. The van der Waals surface area contributed by atoms with Gasteiger partial charge in [0.05, 0.1) is 18.7 Å². The lowest BCUT2D eigenvalue weighted by molar-refractivity contribution is -0.155. The van der Waals surface area contributed by atoms with Gasteiger partial charge in [-0.2, -0.15) is 0 Å². The quantitative estimate of drug-likeness (QED) is 0.817. The van der Waals surface area contributed by atoms with Gasteiger partial charge in [-0.25, -0.2) is 0 Å². The van der Waals surface area contributed by atoms with Gasteiger partial charge in [0.15, 0.2) is 0 Å². The molecule has 2 aromatic rings. The smallest absolute Gasteiger partial charge is 0.248 e. The predicted molar refractivity (Wildman–Crippen MR) is 108 cm³/mol. The first-order valence-electron chi connectivity index (χ1n) is 10.2. The minimum atomic E-state index is 0.152. The van der Waals surface area contributed by atoms with Crippen LogP contribution in [-0.4, -0.2) is 78.6 Å². The van der Waals surface area contributed by atoms with Crippen molar-refractivity contribution < 1.29 is 9.53 Å². The molecule has 3 heterocycles. The van der Waals surface area contributed by atoms with Crippen molar-refractivity contribution in [3.05, 3.63) is 71.8 Å². The highest BCUT2D eigenvalue weighted by atomic mass is 16.5. The SMILES string of the molecule is O=C1COC[C@H]2CN(C3CN(C(c4ccccc4)c4ccccc4)C3)CCN12. The van der Waals surface area contributed by atoms with E-state index in [1.165, 1.54) is 11.1 Å². The van der Waals surface area contributed by atoms with E-state index in [0.29, 0.717) is 18.7 Å². The third kappa shape index (κ3) is 3.34. The van der Waals surface area contributed by atoms with E-state index in [2.05, 4.69) is 70.5 Å². The van der Waals surface area contributed by atoms with Crippen LogP contribution in [0.2, 0.25) is 0 Å². The van der Waals surface area contributed by atoms with Gasteiger partial charge in [-0.15, -0.1) is 0 Å². The van der Waals surface area contributed by atoms with Crippen molar-refractivity contribution in [3.63, 3.8) is 0 Å². The highest BCUT2D eigenvalue weighted by Gasteiger charge is 2.41. The Morgan fingerprint density at radius 3 is 2.11 bits per heavy atom. The number of carbonyl (C=O) groups excluding carboxylic acids is 1. The number of fused-ring (bicyclic) bond motifs is 1. The number of nitrogens with zero attached hydrogens (tertiary/aromatic N) is 3. The molecule has 5 heteroatoms. The van der Waals surface area contributed by atoms with Crippen molar-refractivity contribution in [1.82, 2.24) is 14.7 Å². The Balaban J connectivity index is 1.27. The van der Waals surface area contributed by atoms with E-state index in [1.807, 2.05) is 4.90 Å². The van der Waals surface area contributed by atoms with Crippen LogP contribution in [0.1, 0.15) is 17.2 Å². The van der Waals surface area contributed by atoms with Crippen molar-refractivity contribution in [2.24, 2.45) is 0 Å². The Bertz CT molecular complexity index is 768. The summed E-state index contributed by atoms with van der Waals surface area (Å²) in [4.78, 5) is 19.2. The third-order valence-corrected chi connectivity index (χ3v) is 6.37. The Morgan fingerprint density at radius 1 is 0.821 bits per heavy atom. The first-order valence-corrected chi connectivity index (χ1v) is 10.2. The fourth-order valence-electron chi connectivity index (χ4n) is 4.86. The minimum Gasteiger partial charge on any atom is -0.369 e. The molecular weight excluding hydrogens is 350 g/mol. The van der Waals surface area contributed by atoms with Crippen molar-refractivity contribution >= 4 is 5.91 Å². The maximum Gasteiger partial charge on any atom is 0.248 e. The molecule has 0 aromatic heterocycles. The molecule has 5 nitrogen and oxygen atoms in total. The molecule has 3 saturated heterocycles. The van der Waals surface area contributed by atoms with Gasteiger partial charge in [-0.05, 0) is 11.1 Å². The van der Waals surface area contributed by atoms with E-state index < -0.39 is 0 Å². The molecular formula is C23H27N3O2. The first kappa shape index (κ1) is 17.9. The Hall–Kier alpha value is -2.21. The number of benzene rings is 2. The fraction of sp³-hybridized carbons (Fsp3) is 0.435. The number of hydrogen-bond acceptors (Lipinski definition) is 4.